The maximum atomic E-state index is 6.08. The van der Waals surface area contributed by atoms with Gasteiger partial charge >= 0.3 is 0 Å². The zero-order chi connectivity index (χ0) is 12.4. The molecule has 2 rings (SSSR count). The molecule has 0 amide bonds. The minimum Gasteiger partial charge on any atom is -0.338 e. The molecule has 2 aromatic rings. The van der Waals surface area contributed by atoms with Crippen molar-refractivity contribution >= 4 is 66.6 Å². The van der Waals surface area contributed by atoms with Crippen LogP contribution < -0.4 is 5.32 Å². The molecule has 0 bridgehead atoms. The molecule has 1 N–H and O–H groups in total. The zero-order valence-corrected chi connectivity index (χ0v) is 13.0. The van der Waals surface area contributed by atoms with Gasteiger partial charge in [0.05, 0.1) is 20.2 Å². The lowest BCUT2D eigenvalue weighted by Crippen LogP contribution is -1.95. The van der Waals surface area contributed by atoms with E-state index in [2.05, 4.69) is 42.2 Å². The molecule has 17 heavy (non-hydrogen) atoms. The van der Waals surface area contributed by atoms with Crippen LogP contribution in [0.3, 0.4) is 0 Å². The van der Waals surface area contributed by atoms with Crippen molar-refractivity contribution in [3.8, 4) is 0 Å². The maximum absolute atomic E-state index is 6.08. The molecule has 6 heteroatoms. The Morgan fingerprint density at radius 2 is 1.94 bits per heavy atom. The molecular formula is C11H6Br2Cl2N2. The van der Waals surface area contributed by atoms with E-state index in [4.69, 9.17) is 23.2 Å². The Bertz CT molecular complexity index is 561. The van der Waals surface area contributed by atoms with E-state index in [-0.39, 0.29) is 0 Å². The number of benzene rings is 1. The highest BCUT2D eigenvalue weighted by Crippen LogP contribution is 2.33. The number of aromatic nitrogens is 1. The van der Waals surface area contributed by atoms with Gasteiger partial charge in [0.25, 0.3) is 0 Å². The summed E-state index contributed by atoms with van der Waals surface area (Å²) in [5.41, 5.74) is 0.717. The van der Waals surface area contributed by atoms with Gasteiger partial charge in [-0.05, 0) is 50.1 Å². The normalized spacial score (nSPS) is 10.4. The van der Waals surface area contributed by atoms with Crippen molar-refractivity contribution in [3.63, 3.8) is 0 Å². The van der Waals surface area contributed by atoms with Crippen molar-refractivity contribution in [2.45, 2.75) is 0 Å². The Hall–Kier alpha value is -0.290. The third-order valence-electron chi connectivity index (χ3n) is 2.01. The molecule has 0 aliphatic carbocycles. The van der Waals surface area contributed by atoms with E-state index in [9.17, 15) is 0 Å². The Balaban J connectivity index is 2.35. The van der Waals surface area contributed by atoms with Crippen molar-refractivity contribution < 1.29 is 0 Å². The highest BCUT2D eigenvalue weighted by atomic mass is 79.9. The first-order valence-electron chi connectivity index (χ1n) is 4.60. The van der Waals surface area contributed by atoms with Crippen LogP contribution in [0.15, 0.2) is 39.4 Å². The van der Waals surface area contributed by atoms with Gasteiger partial charge in [0.1, 0.15) is 5.82 Å². The number of anilines is 2. The minimum atomic E-state index is 0.478. The molecule has 0 saturated carbocycles. The number of rotatable bonds is 2. The molecule has 1 aromatic heterocycles. The van der Waals surface area contributed by atoms with Crippen molar-refractivity contribution in [2.75, 3.05) is 5.32 Å². The summed E-state index contributed by atoms with van der Waals surface area (Å²) < 4.78 is 1.73. The lowest BCUT2D eigenvalue weighted by Gasteiger charge is -2.10. The molecular weight excluding hydrogens is 391 g/mol. The average Bonchev–Trinajstić information content (AvgIpc) is 2.28. The van der Waals surface area contributed by atoms with Crippen LogP contribution in [0.5, 0.6) is 0 Å². The van der Waals surface area contributed by atoms with Crippen LogP contribution in [-0.4, -0.2) is 4.98 Å². The third kappa shape index (κ3) is 3.13. The molecule has 0 aliphatic heterocycles. The first-order valence-corrected chi connectivity index (χ1v) is 6.94. The topological polar surface area (TPSA) is 24.9 Å². The van der Waals surface area contributed by atoms with Crippen molar-refractivity contribution in [1.82, 2.24) is 4.98 Å². The average molecular weight is 397 g/mol. The molecule has 0 aliphatic rings. The summed E-state index contributed by atoms with van der Waals surface area (Å²) in [6.45, 7) is 0. The summed E-state index contributed by atoms with van der Waals surface area (Å²) in [6, 6.07) is 7.29. The second kappa shape index (κ2) is 5.57. The number of nitrogens with one attached hydrogen (secondary N) is 1. The van der Waals surface area contributed by atoms with Crippen molar-refractivity contribution in [2.24, 2.45) is 0 Å². The number of pyridine rings is 1. The fraction of sp³-hybridized carbons (Fsp3) is 0. The summed E-state index contributed by atoms with van der Waals surface area (Å²) in [7, 11) is 0. The van der Waals surface area contributed by atoms with Gasteiger partial charge in [0, 0.05) is 10.7 Å². The fourth-order valence-electron chi connectivity index (χ4n) is 1.23. The second-order valence-electron chi connectivity index (χ2n) is 3.21. The lowest BCUT2D eigenvalue weighted by atomic mass is 10.3. The fourth-order valence-corrected chi connectivity index (χ4v) is 2.67. The van der Waals surface area contributed by atoms with Crippen LogP contribution in [0.1, 0.15) is 0 Å². The summed E-state index contributed by atoms with van der Waals surface area (Å²) in [5.74, 6) is 0.678. The molecule has 88 valence electrons. The van der Waals surface area contributed by atoms with Crippen LogP contribution in [0.4, 0.5) is 11.5 Å². The monoisotopic (exact) mass is 394 g/mol. The molecule has 0 radical (unpaired) electrons. The van der Waals surface area contributed by atoms with Crippen molar-refractivity contribution in [3.05, 3.63) is 49.5 Å². The van der Waals surface area contributed by atoms with Gasteiger partial charge in [-0.2, -0.15) is 0 Å². The highest BCUT2D eigenvalue weighted by Gasteiger charge is 2.07. The van der Waals surface area contributed by atoms with Crippen LogP contribution in [0.25, 0.3) is 0 Å². The van der Waals surface area contributed by atoms with Crippen LogP contribution in [0, 0.1) is 0 Å². The highest BCUT2D eigenvalue weighted by molar-refractivity contribution is 9.11. The maximum Gasteiger partial charge on any atom is 0.144 e. The number of halogens is 4. The summed E-state index contributed by atoms with van der Waals surface area (Å²) in [6.07, 6.45) is 1.70. The zero-order valence-electron chi connectivity index (χ0n) is 8.35. The van der Waals surface area contributed by atoms with Gasteiger partial charge in [-0.25, -0.2) is 4.98 Å². The summed E-state index contributed by atoms with van der Waals surface area (Å²) >= 11 is 18.8. The Labute approximate surface area is 126 Å². The van der Waals surface area contributed by atoms with Gasteiger partial charge in [0.2, 0.25) is 0 Å². The standard InChI is InChI=1S/C11H6Br2Cl2N2/c12-6-4-7(13)11(16-5-6)17-9-3-1-2-8(14)10(9)15/h1-5H,(H,16,17). The van der Waals surface area contributed by atoms with Gasteiger partial charge in [-0.15, -0.1) is 0 Å². The molecule has 2 nitrogen and oxygen atoms in total. The van der Waals surface area contributed by atoms with Crippen LogP contribution >= 0.6 is 55.1 Å². The third-order valence-corrected chi connectivity index (χ3v) is 3.87. The summed E-state index contributed by atoms with van der Waals surface area (Å²) in [5, 5.41) is 4.10. The van der Waals surface area contributed by atoms with Crippen molar-refractivity contribution in [1.29, 1.82) is 0 Å². The van der Waals surface area contributed by atoms with Gasteiger partial charge < -0.3 is 5.32 Å². The predicted molar refractivity (Wildman–Crippen MR) is 79.4 cm³/mol. The first kappa shape index (κ1) is 13.1. The van der Waals surface area contributed by atoms with Crippen LogP contribution in [0.2, 0.25) is 10.0 Å². The quantitative estimate of drug-likeness (QED) is 0.708. The van der Waals surface area contributed by atoms with E-state index in [1.807, 2.05) is 18.2 Å². The van der Waals surface area contributed by atoms with Gasteiger partial charge in [-0.3, -0.25) is 0 Å². The lowest BCUT2D eigenvalue weighted by molar-refractivity contribution is 1.27. The van der Waals surface area contributed by atoms with E-state index in [1.165, 1.54) is 0 Å². The second-order valence-corrected chi connectivity index (χ2v) is 5.77. The molecule has 0 saturated heterocycles. The van der Waals surface area contributed by atoms with Crippen LogP contribution in [-0.2, 0) is 0 Å². The smallest absolute Gasteiger partial charge is 0.144 e. The number of nitrogens with zero attached hydrogens (tertiary/aromatic N) is 1. The van der Waals surface area contributed by atoms with E-state index < -0.39 is 0 Å². The minimum absolute atomic E-state index is 0.478. The van der Waals surface area contributed by atoms with Gasteiger partial charge in [-0.1, -0.05) is 29.3 Å². The number of hydrogen-bond acceptors (Lipinski definition) is 2. The molecule has 1 aromatic carbocycles. The number of hydrogen-bond donors (Lipinski definition) is 1. The van der Waals surface area contributed by atoms with E-state index in [0.29, 0.717) is 15.9 Å². The first-order chi connectivity index (χ1) is 8.08. The molecule has 0 fully saturated rings. The van der Waals surface area contributed by atoms with E-state index >= 15 is 0 Å². The molecule has 0 spiro atoms. The summed E-state index contributed by atoms with van der Waals surface area (Å²) in [4.78, 5) is 4.24. The predicted octanol–water partition coefficient (Wildman–Crippen LogP) is 5.66. The van der Waals surface area contributed by atoms with Gasteiger partial charge in [0.15, 0.2) is 0 Å². The Morgan fingerprint density at radius 3 is 2.65 bits per heavy atom. The largest absolute Gasteiger partial charge is 0.338 e. The SMILES string of the molecule is Clc1cccc(Nc2ncc(Br)cc2Br)c1Cl. The van der Waals surface area contributed by atoms with E-state index in [1.54, 1.807) is 12.3 Å². The molecule has 0 unspecified atom stereocenters. The Morgan fingerprint density at radius 1 is 1.18 bits per heavy atom. The molecule has 0 atom stereocenters. The Kier molecular flexibility index (Phi) is 4.31. The van der Waals surface area contributed by atoms with E-state index in [0.717, 1.165) is 14.6 Å². The molecule has 1 heterocycles.